The summed E-state index contributed by atoms with van der Waals surface area (Å²) in [6.07, 6.45) is 0. The first-order valence-corrected chi connectivity index (χ1v) is 9.72. The number of aromatic carboxylic acids is 1. The maximum Gasteiger partial charge on any atom is 0.336 e. The van der Waals surface area contributed by atoms with E-state index in [1.165, 1.54) is 6.07 Å². The van der Waals surface area contributed by atoms with Gasteiger partial charge in [-0.1, -0.05) is 62.2 Å². The van der Waals surface area contributed by atoms with Crippen molar-refractivity contribution in [3.8, 4) is 0 Å². The van der Waals surface area contributed by atoms with Gasteiger partial charge >= 0.3 is 5.97 Å². The Hall–Kier alpha value is -2.50. The number of halogens is 2. The van der Waals surface area contributed by atoms with Crippen LogP contribution < -0.4 is 0 Å². The van der Waals surface area contributed by atoms with E-state index < -0.39 is 5.97 Å². The van der Waals surface area contributed by atoms with E-state index in [0.29, 0.717) is 10.9 Å². The van der Waals surface area contributed by atoms with Gasteiger partial charge in [0, 0.05) is 20.1 Å². The van der Waals surface area contributed by atoms with Gasteiger partial charge in [0.1, 0.15) is 0 Å². The predicted molar refractivity (Wildman–Crippen MR) is 114 cm³/mol. The standard InChI is InChI=1S/C22H12Br2O3/c23-16-5-3-12-9-15(2-1-13(12)10-16)21(25)20-18-8-6-17(24)11-14(18)4-7-19(20)22(26)27/h1-11H,(H,26,27). The number of fused-ring (bicyclic) bond motifs is 2. The molecule has 4 aromatic rings. The molecule has 0 saturated carbocycles. The van der Waals surface area contributed by atoms with Crippen LogP contribution in [0.5, 0.6) is 0 Å². The highest BCUT2D eigenvalue weighted by Crippen LogP contribution is 2.29. The molecule has 0 radical (unpaired) electrons. The SMILES string of the molecule is O=C(O)c1ccc2cc(Br)ccc2c1C(=O)c1ccc2cc(Br)ccc2c1. The van der Waals surface area contributed by atoms with Crippen LogP contribution in [0.3, 0.4) is 0 Å². The molecule has 0 aliphatic carbocycles. The van der Waals surface area contributed by atoms with E-state index in [9.17, 15) is 14.7 Å². The minimum absolute atomic E-state index is 0.00530. The predicted octanol–water partition coefficient (Wildman–Crippen LogP) is 6.45. The number of rotatable bonds is 3. The molecule has 0 amide bonds. The fourth-order valence-corrected chi connectivity index (χ4v) is 3.98. The van der Waals surface area contributed by atoms with Gasteiger partial charge in [0.05, 0.1) is 5.56 Å². The Kier molecular flexibility index (Phi) is 4.58. The van der Waals surface area contributed by atoms with Crippen molar-refractivity contribution >= 4 is 65.2 Å². The summed E-state index contributed by atoms with van der Waals surface area (Å²) in [6.45, 7) is 0. The van der Waals surface area contributed by atoms with E-state index in [0.717, 1.165) is 25.1 Å². The molecule has 0 spiro atoms. The molecule has 0 atom stereocenters. The van der Waals surface area contributed by atoms with Gasteiger partial charge in [-0.25, -0.2) is 4.79 Å². The van der Waals surface area contributed by atoms with Crippen LogP contribution in [-0.4, -0.2) is 16.9 Å². The quantitative estimate of drug-likeness (QED) is 0.341. The van der Waals surface area contributed by atoms with Crippen molar-refractivity contribution in [1.29, 1.82) is 0 Å². The zero-order valence-electron chi connectivity index (χ0n) is 13.9. The Labute approximate surface area is 171 Å². The third-order valence-corrected chi connectivity index (χ3v) is 5.49. The highest BCUT2D eigenvalue weighted by molar-refractivity contribution is 9.10. The van der Waals surface area contributed by atoms with Crippen LogP contribution in [0, 0.1) is 0 Å². The molecule has 4 rings (SSSR count). The van der Waals surface area contributed by atoms with Crippen molar-refractivity contribution in [3.63, 3.8) is 0 Å². The number of hydrogen-bond acceptors (Lipinski definition) is 2. The van der Waals surface area contributed by atoms with Gasteiger partial charge in [0.25, 0.3) is 0 Å². The van der Waals surface area contributed by atoms with Crippen molar-refractivity contribution in [2.75, 3.05) is 0 Å². The summed E-state index contributed by atoms with van der Waals surface area (Å²) >= 11 is 6.85. The first-order valence-electron chi connectivity index (χ1n) is 8.13. The second-order valence-corrected chi connectivity index (χ2v) is 8.03. The monoisotopic (exact) mass is 482 g/mol. The van der Waals surface area contributed by atoms with Gasteiger partial charge in [-0.05, 0) is 57.9 Å². The maximum atomic E-state index is 13.3. The average molecular weight is 484 g/mol. The topological polar surface area (TPSA) is 54.4 Å². The largest absolute Gasteiger partial charge is 0.478 e. The first-order chi connectivity index (χ1) is 12.9. The minimum atomic E-state index is -1.12. The van der Waals surface area contributed by atoms with Gasteiger partial charge in [0.2, 0.25) is 0 Å². The summed E-state index contributed by atoms with van der Waals surface area (Å²) in [4.78, 5) is 25.0. The van der Waals surface area contributed by atoms with Crippen LogP contribution in [0.15, 0.2) is 75.7 Å². The lowest BCUT2D eigenvalue weighted by Crippen LogP contribution is -2.10. The van der Waals surface area contributed by atoms with E-state index in [-0.39, 0.29) is 16.9 Å². The van der Waals surface area contributed by atoms with Crippen molar-refractivity contribution in [2.24, 2.45) is 0 Å². The van der Waals surface area contributed by atoms with Crippen molar-refractivity contribution < 1.29 is 14.7 Å². The summed E-state index contributed by atoms with van der Waals surface area (Å²) in [5.41, 5.74) is 0.678. The lowest BCUT2D eigenvalue weighted by atomic mass is 9.92. The third kappa shape index (κ3) is 3.29. The number of benzene rings is 4. The smallest absolute Gasteiger partial charge is 0.336 e. The van der Waals surface area contributed by atoms with Crippen LogP contribution in [0.2, 0.25) is 0 Å². The molecule has 0 aliphatic heterocycles. The number of carboxylic acid groups (broad SMARTS) is 1. The molecule has 5 heteroatoms. The molecule has 27 heavy (non-hydrogen) atoms. The van der Waals surface area contributed by atoms with Crippen molar-refractivity contribution in [2.45, 2.75) is 0 Å². The minimum Gasteiger partial charge on any atom is -0.478 e. The third-order valence-electron chi connectivity index (χ3n) is 4.50. The number of carbonyl (C=O) groups is 2. The molecular formula is C22H12Br2O3. The van der Waals surface area contributed by atoms with Crippen LogP contribution >= 0.6 is 31.9 Å². The van der Waals surface area contributed by atoms with E-state index in [4.69, 9.17) is 0 Å². The Balaban J connectivity index is 1.95. The molecule has 3 nitrogen and oxygen atoms in total. The van der Waals surface area contributed by atoms with E-state index in [2.05, 4.69) is 31.9 Å². The number of ketones is 1. The molecule has 0 fully saturated rings. The first kappa shape index (κ1) is 17.9. The summed E-state index contributed by atoms with van der Waals surface area (Å²) in [5.74, 6) is -1.42. The van der Waals surface area contributed by atoms with E-state index >= 15 is 0 Å². The fourth-order valence-electron chi connectivity index (χ4n) is 3.23. The fraction of sp³-hybridized carbons (Fsp3) is 0. The van der Waals surface area contributed by atoms with E-state index in [1.54, 1.807) is 24.3 Å². The number of carbonyl (C=O) groups excluding carboxylic acids is 1. The van der Waals surface area contributed by atoms with Gasteiger partial charge in [-0.15, -0.1) is 0 Å². The Morgan fingerprint density at radius 2 is 1.30 bits per heavy atom. The van der Waals surface area contributed by atoms with Crippen LogP contribution in [0.25, 0.3) is 21.5 Å². The molecule has 1 N–H and O–H groups in total. The van der Waals surface area contributed by atoms with Crippen LogP contribution in [-0.2, 0) is 0 Å². The molecule has 0 bridgehead atoms. The second kappa shape index (κ2) is 6.91. The Morgan fingerprint density at radius 3 is 2.04 bits per heavy atom. The lowest BCUT2D eigenvalue weighted by Gasteiger charge is -2.11. The Morgan fingerprint density at radius 1 is 0.704 bits per heavy atom. The summed E-state index contributed by atoms with van der Waals surface area (Å²) < 4.78 is 1.83. The van der Waals surface area contributed by atoms with Gasteiger partial charge < -0.3 is 5.11 Å². The molecule has 0 heterocycles. The summed E-state index contributed by atoms with van der Waals surface area (Å²) in [5, 5.41) is 13.0. The number of carboxylic acids is 1. The zero-order chi connectivity index (χ0) is 19.1. The highest BCUT2D eigenvalue weighted by atomic mass is 79.9. The number of hydrogen-bond donors (Lipinski definition) is 1. The van der Waals surface area contributed by atoms with Gasteiger partial charge in [-0.3, -0.25) is 4.79 Å². The molecule has 0 aromatic heterocycles. The normalized spacial score (nSPS) is 11.0. The highest BCUT2D eigenvalue weighted by Gasteiger charge is 2.21. The maximum absolute atomic E-state index is 13.3. The summed E-state index contributed by atoms with van der Waals surface area (Å²) in [6, 6.07) is 19.9. The van der Waals surface area contributed by atoms with Crippen LogP contribution in [0.4, 0.5) is 0 Å². The van der Waals surface area contributed by atoms with E-state index in [1.807, 2.05) is 36.4 Å². The van der Waals surface area contributed by atoms with Gasteiger partial charge in [-0.2, -0.15) is 0 Å². The molecule has 0 unspecified atom stereocenters. The molecule has 132 valence electrons. The molecule has 0 aliphatic rings. The van der Waals surface area contributed by atoms with Crippen molar-refractivity contribution in [3.05, 3.63) is 92.4 Å². The van der Waals surface area contributed by atoms with Gasteiger partial charge in [0.15, 0.2) is 5.78 Å². The molecule has 4 aromatic carbocycles. The second-order valence-electron chi connectivity index (χ2n) is 6.19. The molecular weight excluding hydrogens is 472 g/mol. The van der Waals surface area contributed by atoms with Crippen LogP contribution in [0.1, 0.15) is 26.3 Å². The summed E-state index contributed by atoms with van der Waals surface area (Å²) in [7, 11) is 0. The zero-order valence-corrected chi connectivity index (χ0v) is 17.0. The lowest BCUT2D eigenvalue weighted by molar-refractivity contribution is 0.0693. The molecule has 0 saturated heterocycles. The average Bonchev–Trinajstić information content (AvgIpc) is 2.65. The Bertz CT molecular complexity index is 1250. The van der Waals surface area contributed by atoms with Crippen molar-refractivity contribution in [1.82, 2.24) is 0 Å².